The van der Waals surface area contributed by atoms with Gasteiger partial charge in [-0.3, -0.25) is 11.3 Å². The van der Waals surface area contributed by atoms with Crippen LogP contribution in [0.15, 0.2) is 12.8 Å². The molecular formula is C10H23N3. The normalized spacial score (nSPS) is 12.5. The zero-order valence-electron chi connectivity index (χ0n) is 8.92. The lowest BCUT2D eigenvalue weighted by Gasteiger charge is -2.22. The highest BCUT2D eigenvalue weighted by Gasteiger charge is 2.03. The Morgan fingerprint density at radius 3 is 2.69 bits per heavy atom. The molecule has 3 N–H and O–H groups in total. The molecule has 1 atom stereocenters. The van der Waals surface area contributed by atoms with Gasteiger partial charge in [0.05, 0.1) is 0 Å². The molecule has 0 aromatic carbocycles. The van der Waals surface area contributed by atoms with Gasteiger partial charge in [0.1, 0.15) is 0 Å². The van der Waals surface area contributed by atoms with Crippen molar-refractivity contribution in [1.29, 1.82) is 0 Å². The highest BCUT2D eigenvalue weighted by molar-refractivity contribution is 4.72. The van der Waals surface area contributed by atoms with Crippen LogP contribution < -0.4 is 11.3 Å². The van der Waals surface area contributed by atoms with Crippen molar-refractivity contribution in [1.82, 2.24) is 10.3 Å². The standard InChI is InChI=1S/C10H23N3/c1-4-13(3)10(2)8-6-5-7-9-12-11/h4,10,12H,1,5-9,11H2,2-3H3. The first-order valence-corrected chi connectivity index (χ1v) is 5.00. The van der Waals surface area contributed by atoms with E-state index in [4.69, 9.17) is 5.84 Å². The van der Waals surface area contributed by atoms with Crippen LogP contribution in [-0.4, -0.2) is 24.5 Å². The van der Waals surface area contributed by atoms with Gasteiger partial charge in [-0.25, -0.2) is 0 Å². The number of nitrogens with two attached hydrogens (primary N) is 1. The first-order chi connectivity index (χ1) is 6.22. The summed E-state index contributed by atoms with van der Waals surface area (Å²) in [6.07, 6.45) is 6.79. The van der Waals surface area contributed by atoms with Crippen LogP contribution in [0.1, 0.15) is 32.6 Å². The lowest BCUT2D eigenvalue weighted by Crippen LogP contribution is -2.24. The Kier molecular flexibility index (Phi) is 7.74. The second-order valence-corrected chi connectivity index (χ2v) is 3.50. The fourth-order valence-electron chi connectivity index (χ4n) is 1.23. The quantitative estimate of drug-likeness (QED) is 0.342. The van der Waals surface area contributed by atoms with Crippen LogP contribution >= 0.6 is 0 Å². The molecule has 1 unspecified atom stereocenters. The summed E-state index contributed by atoms with van der Waals surface area (Å²) in [5.74, 6) is 5.17. The fraction of sp³-hybridized carbons (Fsp3) is 0.800. The molecule has 0 fully saturated rings. The van der Waals surface area contributed by atoms with Gasteiger partial charge in [-0.1, -0.05) is 19.4 Å². The van der Waals surface area contributed by atoms with E-state index in [-0.39, 0.29) is 0 Å². The lowest BCUT2D eigenvalue weighted by molar-refractivity contribution is 0.325. The number of hydrogen-bond donors (Lipinski definition) is 2. The maximum absolute atomic E-state index is 5.17. The van der Waals surface area contributed by atoms with Crippen molar-refractivity contribution >= 4 is 0 Å². The van der Waals surface area contributed by atoms with Gasteiger partial charge in [-0.15, -0.1) is 0 Å². The van der Waals surface area contributed by atoms with Crippen LogP contribution in [0.3, 0.4) is 0 Å². The Bertz CT molecular complexity index is 125. The Balaban J connectivity index is 3.26. The van der Waals surface area contributed by atoms with E-state index >= 15 is 0 Å². The third-order valence-corrected chi connectivity index (χ3v) is 2.43. The lowest BCUT2D eigenvalue weighted by atomic mass is 10.1. The predicted molar refractivity (Wildman–Crippen MR) is 58.1 cm³/mol. The van der Waals surface area contributed by atoms with Gasteiger partial charge in [0, 0.05) is 19.6 Å². The molecule has 0 amide bonds. The largest absolute Gasteiger partial charge is 0.378 e. The predicted octanol–water partition coefficient (Wildman–Crippen LogP) is 1.47. The van der Waals surface area contributed by atoms with Crippen molar-refractivity contribution in [2.24, 2.45) is 5.84 Å². The Morgan fingerprint density at radius 1 is 1.46 bits per heavy atom. The molecule has 0 heterocycles. The summed E-state index contributed by atoms with van der Waals surface area (Å²) in [7, 11) is 2.07. The van der Waals surface area contributed by atoms with E-state index in [2.05, 4.69) is 30.9 Å². The zero-order valence-corrected chi connectivity index (χ0v) is 8.92. The van der Waals surface area contributed by atoms with Crippen molar-refractivity contribution in [2.45, 2.75) is 38.6 Å². The SMILES string of the molecule is C=CN(C)C(C)CCCCCNN. The molecule has 0 aliphatic rings. The molecule has 0 spiro atoms. The molecule has 0 aromatic rings. The van der Waals surface area contributed by atoms with Crippen LogP contribution in [0.2, 0.25) is 0 Å². The molecule has 0 saturated carbocycles. The summed E-state index contributed by atoms with van der Waals surface area (Å²) in [6, 6.07) is 0.600. The summed E-state index contributed by atoms with van der Waals surface area (Å²) in [4.78, 5) is 2.15. The molecular weight excluding hydrogens is 162 g/mol. The molecule has 0 saturated heterocycles. The fourth-order valence-corrected chi connectivity index (χ4v) is 1.23. The van der Waals surface area contributed by atoms with Gasteiger partial charge in [0.25, 0.3) is 0 Å². The third-order valence-electron chi connectivity index (χ3n) is 2.43. The molecule has 0 bridgehead atoms. The molecule has 3 heteroatoms. The summed E-state index contributed by atoms with van der Waals surface area (Å²) in [5, 5.41) is 0. The minimum absolute atomic E-state index is 0.600. The van der Waals surface area contributed by atoms with Gasteiger partial charge in [-0.05, 0) is 26.0 Å². The van der Waals surface area contributed by atoms with E-state index in [1.807, 2.05) is 6.20 Å². The van der Waals surface area contributed by atoms with E-state index in [1.165, 1.54) is 25.7 Å². The monoisotopic (exact) mass is 185 g/mol. The number of unbranched alkanes of at least 4 members (excludes halogenated alkanes) is 2. The molecule has 78 valence electrons. The van der Waals surface area contributed by atoms with Gasteiger partial charge < -0.3 is 4.90 Å². The average molecular weight is 185 g/mol. The van der Waals surface area contributed by atoms with Crippen molar-refractivity contribution in [2.75, 3.05) is 13.6 Å². The van der Waals surface area contributed by atoms with E-state index in [1.54, 1.807) is 0 Å². The van der Waals surface area contributed by atoms with Crippen LogP contribution in [0.5, 0.6) is 0 Å². The highest BCUT2D eigenvalue weighted by Crippen LogP contribution is 2.07. The average Bonchev–Trinajstić information content (AvgIpc) is 2.16. The Morgan fingerprint density at radius 2 is 2.15 bits per heavy atom. The van der Waals surface area contributed by atoms with Crippen LogP contribution in [0.4, 0.5) is 0 Å². The van der Waals surface area contributed by atoms with Gasteiger partial charge >= 0.3 is 0 Å². The van der Waals surface area contributed by atoms with E-state index in [0.717, 1.165) is 6.54 Å². The highest BCUT2D eigenvalue weighted by atomic mass is 15.2. The first-order valence-electron chi connectivity index (χ1n) is 5.00. The summed E-state index contributed by atoms with van der Waals surface area (Å²) in [6.45, 7) is 6.89. The van der Waals surface area contributed by atoms with Crippen molar-refractivity contribution in [3.05, 3.63) is 12.8 Å². The van der Waals surface area contributed by atoms with Gasteiger partial charge in [-0.2, -0.15) is 0 Å². The minimum Gasteiger partial charge on any atom is -0.378 e. The van der Waals surface area contributed by atoms with Crippen molar-refractivity contribution in [3.8, 4) is 0 Å². The maximum Gasteiger partial charge on any atom is 0.0252 e. The topological polar surface area (TPSA) is 41.3 Å². The number of hydrazine groups is 1. The molecule has 3 nitrogen and oxygen atoms in total. The summed E-state index contributed by atoms with van der Waals surface area (Å²) in [5.41, 5.74) is 2.66. The van der Waals surface area contributed by atoms with Crippen LogP contribution in [0, 0.1) is 0 Å². The number of nitrogens with one attached hydrogen (secondary N) is 1. The number of hydrogen-bond acceptors (Lipinski definition) is 3. The Hall–Kier alpha value is -0.540. The number of nitrogens with zero attached hydrogens (tertiary/aromatic N) is 1. The van der Waals surface area contributed by atoms with E-state index in [0.29, 0.717) is 6.04 Å². The van der Waals surface area contributed by atoms with E-state index < -0.39 is 0 Å². The molecule has 0 aliphatic heterocycles. The van der Waals surface area contributed by atoms with Crippen molar-refractivity contribution in [3.63, 3.8) is 0 Å². The number of rotatable bonds is 8. The molecule has 0 rings (SSSR count). The maximum atomic E-state index is 5.17. The van der Waals surface area contributed by atoms with E-state index in [9.17, 15) is 0 Å². The Labute approximate surface area is 82.0 Å². The van der Waals surface area contributed by atoms with Crippen LogP contribution in [-0.2, 0) is 0 Å². The van der Waals surface area contributed by atoms with Crippen LogP contribution in [0.25, 0.3) is 0 Å². The third kappa shape index (κ3) is 6.61. The first kappa shape index (κ1) is 12.5. The molecule has 0 aliphatic carbocycles. The smallest absolute Gasteiger partial charge is 0.0252 e. The molecule has 0 aromatic heterocycles. The second-order valence-electron chi connectivity index (χ2n) is 3.50. The second kappa shape index (κ2) is 8.08. The van der Waals surface area contributed by atoms with Gasteiger partial charge in [0.15, 0.2) is 0 Å². The van der Waals surface area contributed by atoms with Crippen molar-refractivity contribution < 1.29 is 0 Å². The molecule has 0 radical (unpaired) electrons. The summed E-state index contributed by atoms with van der Waals surface area (Å²) < 4.78 is 0. The van der Waals surface area contributed by atoms with Gasteiger partial charge in [0.2, 0.25) is 0 Å². The zero-order chi connectivity index (χ0) is 10.1. The summed E-state index contributed by atoms with van der Waals surface area (Å²) >= 11 is 0. The molecule has 13 heavy (non-hydrogen) atoms. The minimum atomic E-state index is 0.600.